The summed E-state index contributed by atoms with van der Waals surface area (Å²) in [6.07, 6.45) is 0.933. The molecule has 1 aromatic heterocycles. The lowest BCUT2D eigenvalue weighted by atomic mass is 10.1. The van der Waals surface area contributed by atoms with Crippen molar-refractivity contribution in [3.8, 4) is 0 Å². The molecule has 2 rings (SSSR count). The van der Waals surface area contributed by atoms with Crippen molar-refractivity contribution in [3.63, 3.8) is 0 Å². The van der Waals surface area contributed by atoms with E-state index in [4.69, 9.17) is 0 Å². The second kappa shape index (κ2) is 6.66. The Kier molecular flexibility index (Phi) is 4.90. The van der Waals surface area contributed by atoms with Gasteiger partial charge < -0.3 is 5.32 Å². The molecule has 4 heteroatoms. The lowest BCUT2D eigenvalue weighted by Gasteiger charge is -2.15. The first-order valence-electron chi connectivity index (χ1n) is 7.19. The van der Waals surface area contributed by atoms with Gasteiger partial charge in [0.2, 0.25) is 0 Å². The number of benzene rings is 1. The fourth-order valence-electron chi connectivity index (χ4n) is 2.30. The molecule has 0 aliphatic heterocycles. The van der Waals surface area contributed by atoms with E-state index in [1.165, 1.54) is 6.07 Å². The predicted molar refractivity (Wildman–Crippen MR) is 78.9 cm³/mol. The molecule has 0 aliphatic carbocycles. The van der Waals surface area contributed by atoms with Gasteiger partial charge in [-0.05, 0) is 32.4 Å². The molecule has 2 aromatic rings. The van der Waals surface area contributed by atoms with E-state index in [-0.39, 0.29) is 11.9 Å². The Balaban J connectivity index is 2.05. The quantitative estimate of drug-likeness (QED) is 0.875. The van der Waals surface area contributed by atoms with Crippen molar-refractivity contribution >= 4 is 0 Å². The van der Waals surface area contributed by atoms with E-state index in [0.29, 0.717) is 12.1 Å². The number of hydrogen-bond donors (Lipinski definition) is 1. The summed E-state index contributed by atoms with van der Waals surface area (Å²) in [6, 6.07) is 8.99. The first-order valence-corrected chi connectivity index (χ1v) is 7.19. The second-order valence-corrected chi connectivity index (χ2v) is 4.92. The Morgan fingerprint density at radius 3 is 2.70 bits per heavy atom. The molecular formula is C16H22FN3. The molecule has 1 atom stereocenters. The van der Waals surface area contributed by atoms with Gasteiger partial charge in [-0.1, -0.05) is 25.1 Å². The Bertz CT molecular complexity index is 563. The minimum absolute atomic E-state index is 0.0264. The van der Waals surface area contributed by atoms with E-state index < -0.39 is 0 Å². The standard InChI is InChI=1S/C16H22FN3/c1-4-13-10-14(20(5-2)19-13)11-18-12(3)15-8-6-7-9-16(15)17/h6-10,12,18H,4-5,11H2,1-3H3. The summed E-state index contributed by atoms with van der Waals surface area (Å²) in [4.78, 5) is 0. The molecular weight excluding hydrogens is 253 g/mol. The zero-order valence-corrected chi connectivity index (χ0v) is 12.4. The highest BCUT2D eigenvalue weighted by Gasteiger charge is 2.11. The van der Waals surface area contributed by atoms with Crippen LogP contribution in [0.4, 0.5) is 4.39 Å². The van der Waals surface area contributed by atoms with Crippen molar-refractivity contribution < 1.29 is 4.39 Å². The summed E-state index contributed by atoms with van der Waals surface area (Å²) >= 11 is 0. The molecule has 0 bridgehead atoms. The van der Waals surface area contributed by atoms with Crippen LogP contribution in [0.1, 0.15) is 43.8 Å². The molecule has 0 saturated carbocycles. The topological polar surface area (TPSA) is 29.9 Å². The Morgan fingerprint density at radius 1 is 1.30 bits per heavy atom. The van der Waals surface area contributed by atoms with Gasteiger partial charge in [-0.3, -0.25) is 4.68 Å². The monoisotopic (exact) mass is 275 g/mol. The smallest absolute Gasteiger partial charge is 0.127 e. The molecule has 1 N–H and O–H groups in total. The maximum atomic E-state index is 13.7. The summed E-state index contributed by atoms with van der Waals surface area (Å²) in [6.45, 7) is 7.70. The number of nitrogens with zero attached hydrogens (tertiary/aromatic N) is 2. The molecule has 0 amide bonds. The first-order chi connectivity index (χ1) is 9.65. The lowest BCUT2D eigenvalue weighted by Crippen LogP contribution is -2.21. The average molecular weight is 275 g/mol. The molecule has 0 saturated heterocycles. The third kappa shape index (κ3) is 3.25. The molecule has 20 heavy (non-hydrogen) atoms. The Labute approximate surface area is 119 Å². The van der Waals surface area contributed by atoms with Crippen molar-refractivity contribution in [1.29, 1.82) is 0 Å². The summed E-state index contributed by atoms with van der Waals surface area (Å²) in [7, 11) is 0. The summed E-state index contributed by atoms with van der Waals surface area (Å²) < 4.78 is 15.7. The van der Waals surface area contributed by atoms with Crippen LogP contribution in [0.2, 0.25) is 0 Å². The van der Waals surface area contributed by atoms with Crippen LogP contribution in [0, 0.1) is 5.82 Å². The number of hydrogen-bond acceptors (Lipinski definition) is 2. The summed E-state index contributed by atoms with van der Waals surface area (Å²) in [5, 5.41) is 7.89. The van der Waals surface area contributed by atoms with E-state index in [0.717, 1.165) is 24.4 Å². The SMILES string of the molecule is CCc1cc(CNC(C)c2ccccc2F)n(CC)n1. The van der Waals surface area contributed by atoms with Crippen LogP contribution in [0.5, 0.6) is 0 Å². The zero-order chi connectivity index (χ0) is 14.5. The second-order valence-electron chi connectivity index (χ2n) is 4.92. The van der Waals surface area contributed by atoms with Crippen molar-refractivity contribution in [2.75, 3.05) is 0 Å². The van der Waals surface area contributed by atoms with E-state index in [1.807, 2.05) is 23.7 Å². The molecule has 0 radical (unpaired) electrons. The lowest BCUT2D eigenvalue weighted by molar-refractivity contribution is 0.506. The van der Waals surface area contributed by atoms with Crippen LogP contribution in [0.3, 0.4) is 0 Å². The molecule has 108 valence electrons. The molecule has 3 nitrogen and oxygen atoms in total. The van der Waals surface area contributed by atoms with Gasteiger partial charge >= 0.3 is 0 Å². The van der Waals surface area contributed by atoms with Gasteiger partial charge in [0, 0.05) is 24.7 Å². The number of aryl methyl sites for hydroxylation is 2. The first kappa shape index (κ1) is 14.7. The normalized spacial score (nSPS) is 12.6. The highest BCUT2D eigenvalue weighted by atomic mass is 19.1. The summed E-state index contributed by atoms with van der Waals surface area (Å²) in [5.41, 5.74) is 2.94. The number of nitrogens with one attached hydrogen (secondary N) is 1. The van der Waals surface area contributed by atoms with E-state index in [2.05, 4.69) is 30.3 Å². The van der Waals surface area contributed by atoms with E-state index in [1.54, 1.807) is 6.07 Å². The minimum Gasteiger partial charge on any atom is -0.304 e. The zero-order valence-electron chi connectivity index (χ0n) is 12.4. The van der Waals surface area contributed by atoms with Crippen LogP contribution in [0.15, 0.2) is 30.3 Å². The molecule has 1 unspecified atom stereocenters. The molecule has 0 fully saturated rings. The molecule has 0 aliphatic rings. The van der Waals surface area contributed by atoms with Gasteiger partial charge in [-0.15, -0.1) is 0 Å². The summed E-state index contributed by atoms with van der Waals surface area (Å²) in [5.74, 6) is -0.161. The largest absolute Gasteiger partial charge is 0.304 e. The molecule has 1 aromatic carbocycles. The number of aromatic nitrogens is 2. The Morgan fingerprint density at radius 2 is 2.05 bits per heavy atom. The minimum atomic E-state index is -0.161. The van der Waals surface area contributed by atoms with Gasteiger partial charge in [-0.25, -0.2) is 4.39 Å². The van der Waals surface area contributed by atoms with Crippen molar-refractivity contribution in [3.05, 3.63) is 53.1 Å². The van der Waals surface area contributed by atoms with Gasteiger partial charge in [0.25, 0.3) is 0 Å². The predicted octanol–water partition coefficient (Wildman–Crippen LogP) is 3.46. The van der Waals surface area contributed by atoms with Crippen LogP contribution < -0.4 is 5.32 Å². The highest BCUT2D eigenvalue weighted by molar-refractivity contribution is 5.21. The van der Waals surface area contributed by atoms with Crippen molar-refractivity contribution in [2.45, 2.75) is 46.3 Å². The van der Waals surface area contributed by atoms with Gasteiger partial charge in [-0.2, -0.15) is 5.10 Å². The Hall–Kier alpha value is -1.68. The number of rotatable bonds is 6. The van der Waals surface area contributed by atoms with Crippen molar-refractivity contribution in [2.24, 2.45) is 0 Å². The third-order valence-electron chi connectivity index (χ3n) is 3.54. The molecule has 1 heterocycles. The maximum Gasteiger partial charge on any atom is 0.127 e. The van der Waals surface area contributed by atoms with Crippen molar-refractivity contribution in [1.82, 2.24) is 15.1 Å². The van der Waals surface area contributed by atoms with Crippen LogP contribution >= 0.6 is 0 Å². The average Bonchev–Trinajstić information content (AvgIpc) is 2.87. The number of halogens is 1. The van der Waals surface area contributed by atoms with E-state index >= 15 is 0 Å². The third-order valence-corrected chi connectivity index (χ3v) is 3.54. The highest BCUT2D eigenvalue weighted by Crippen LogP contribution is 2.17. The fourth-order valence-corrected chi connectivity index (χ4v) is 2.30. The van der Waals surface area contributed by atoms with Crippen LogP contribution in [-0.2, 0) is 19.5 Å². The fraction of sp³-hybridized carbons (Fsp3) is 0.438. The molecule has 0 spiro atoms. The van der Waals surface area contributed by atoms with Crippen LogP contribution in [0.25, 0.3) is 0 Å². The maximum absolute atomic E-state index is 13.7. The van der Waals surface area contributed by atoms with Gasteiger partial charge in [0.15, 0.2) is 0 Å². The van der Waals surface area contributed by atoms with Crippen LogP contribution in [-0.4, -0.2) is 9.78 Å². The van der Waals surface area contributed by atoms with Gasteiger partial charge in [0.05, 0.1) is 11.4 Å². The van der Waals surface area contributed by atoms with Gasteiger partial charge in [0.1, 0.15) is 5.82 Å². The van der Waals surface area contributed by atoms with E-state index in [9.17, 15) is 4.39 Å².